The summed E-state index contributed by atoms with van der Waals surface area (Å²) in [7, 11) is 0. The number of alkyl halides is 2. The standard InChI is InChI=1S/C14H26Cl2O/c1-2-3-4-5-6-7-8-9-13(12-10-11-12)17-14(15)16/h12-14H,2-11H2,1H3. The molecular weight excluding hydrogens is 255 g/mol. The highest BCUT2D eigenvalue weighted by Gasteiger charge is 2.32. The summed E-state index contributed by atoms with van der Waals surface area (Å²) in [6.07, 6.45) is 13.5. The van der Waals surface area contributed by atoms with E-state index in [1.165, 1.54) is 57.8 Å². The maximum atomic E-state index is 5.68. The van der Waals surface area contributed by atoms with Gasteiger partial charge in [-0.15, -0.1) is 0 Å². The molecule has 102 valence electrons. The van der Waals surface area contributed by atoms with E-state index in [0.717, 1.165) is 12.3 Å². The number of unbranched alkanes of at least 4 members (excludes halogenated alkanes) is 6. The molecule has 0 radical (unpaired) electrons. The van der Waals surface area contributed by atoms with Crippen LogP contribution in [-0.4, -0.2) is 11.1 Å². The normalized spacial score (nSPS) is 17.6. The van der Waals surface area contributed by atoms with Gasteiger partial charge < -0.3 is 4.74 Å². The molecule has 1 unspecified atom stereocenters. The molecule has 0 bridgehead atoms. The maximum absolute atomic E-state index is 5.68. The molecule has 0 heterocycles. The molecule has 17 heavy (non-hydrogen) atoms. The van der Waals surface area contributed by atoms with Crippen LogP contribution in [0.5, 0.6) is 0 Å². The molecule has 0 aliphatic heterocycles. The van der Waals surface area contributed by atoms with Gasteiger partial charge in [0.25, 0.3) is 0 Å². The van der Waals surface area contributed by atoms with Crippen molar-refractivity contribution in [3.05, 3.63) is 0 Å². The fraction of sp³-hybridized carbons (Fsp3) is 1.00. The maximum Gasteiger partial charge on any atom is 0.206 e. The van der Waals surface area contributed by atoms with Crippen molar-refractivity contribution in [2.24, 2.45) is 5.92 Å². The number of halogens is 2. The van der Waals surface area contributed by atoms with Gasteiger partial charge in [-0.1, -0.05) is 75.1 Å². The van der Waals surface area contributed by atoms with E-state index in [1.54, 1.807) is 0 Å². The van der Waals surface area contributed by atoms with Gasteiger partial charge in [0, 0.05) is 0 Å². The highest BCUT2D eigenvalue weighted by atomic mass is 35.5. The van der Waals surface area contributed by atoms with E-state index in [2.05, 4.69) is 6.92 Å². The SMILES string of the molecule is CCCCCCCCCC(OC(Cl)Cl)C1CC1. The molecule has 0 saturated heterocycles. The largest absolute Gasteiger partial charge is 0.345 e. The van der Waals surface area contributed by atoms with E-state index in [9.17, 15) is 0 Å². The van der Waals surface area contributed by atoms with Crippen molar-refractivity contribution >= 4 is 23.2 Å². The number of hydrogen-bond donors (Lipinski definition) is 0. The van der Waals surface area contributed by atoms with Crippen LogP contribution in [0.15, 0.2) is 0 Å². The summed E-state index contributed by atoms with van der Waals surface area (Å²) >= 11 is 11.4. The highest BCUT2D eigenvalue weighted by Crippen LogP contribution is 2.37. The minimum absolute atomic E-state index is 0.311. The summed E-state index contributed by atoms with van der Waals surface area (Å²) in [5.74, 6) is 0.732. The van der Waals surface area contributed by atoms with Crippen LogP contribution in [0, 0.1) is 5.92 Å². The molecule has 1 nitrogen and oxygen atoms in total. The Morgan fingerprint density at radius 3 is 2.12 bits per heavy atom. The zero-order valence-electron chi connectivity index (χ0n) is 11.0. The smallest absolute Gasteiger partial charge is 0.206 e. The fourth-order valence-electron chi connectivity index (χ4n) is 2.32. The molecule has 1 fully saturated rings. The highest BCUT2D eigenvalue weighted by molar-refractivity contribution is 6.43. The Bertz CT molecular complexity index is 181. The Morgan fingerprint density at radius 2 is 1.59 bits per heavy atom. The van der Waals surface area contributed by atoms with E-state index >= 15 is 0 Å². The topological polar surface area (TPSA) is 9.23 Å². The third-order valence-corrected chi connectivity index (χ3v) is 3.72. The molecule has 0 amide bonds. The molecule has 1 rings (SSSR count). The molecule has 0 spiro atoms. The minimum atomic E-state index is -0.648. The van der Waals surface area contributed by atoms with Gasteiger partial charge in [0.05, 0.1) is 6.10 Å². The summed E-state index contributed by atoms with van der Waals surface area (Å²) in [6.45, 7) is 2.26. The lowest BCUT2D eigenvalue weighted by Gasteiger charge is -2.17. The van der Waals surface area contributed by atoms with Crippen LogP contribution in [0.3, 0.4) is 0 Å². The van der Waals surface area contributed by atoms with Gasteiger partial charge in [-0.25, -0.2) is 0 Å². The van der Waals surface area contributed by atoms with Crippen molar-refractivity contribution in [1.29, 1.82) is 0 Å². The number of rotatable bonds is 11. The Labute approximate surface area is 116 Å². The Balaban J connectivity index is 1.95. The van der Waals surface area contributed by atoms with Crippen LogP contribution >= 0.6 is 23.2 Å². The van der Waals surface area contributed by atoms with Gasteiger partial charge in [0.15, 0.2) is 0 Å². The van der Waals surface area contributed by atoms with Gasteiger partial charge >= 0.3 is 0 Å². The predicted octanol–water partition coefficient (Wildman–Crippen LogP) is 5.68. The second kappa shape index (κ2) is 9.47. The van der Waals surface area contributed by atoms with Crippen molar-refractivity contribution in [1.82, 2.24) is 0 Å². The van der Waals surface area contributed by atoms with Crippen LogP contribution in [0.25, 0.3) is 0 Å². The van der Waals surface area contributed by atoms with Gasteiger partial charge in [0.1, 0.15) is 0 Å². The van der Waals surface area contributed by atoms with Gasteiger partial charge in [0.2, 0.25) is 5.02 Å². The molecule has 1 atom stereocenters. The lowest BCUT2D eigenvalue weighted by atomic mass is 10.0. The molecule has 0 N–H and O–H groups in total. The molecule has 0 aromatic rings. The summed E-state index contributed by atoms with van der Waals surface area (Å²) < 4.78 is 5.55. The second-order valence-corrected chi connectivity index (χ2v) is 6.20. The zero-order valence-corrected chi connectivity index (χ0v) is 12.5. The van der Waals surface area contributed by atoms with Crippen LogP contribution in [0.1, 0.15) is 71.1 Å². The first-order chi connectivity index (χ1) is 8.24. The Kier molecular flexibility index (Phi) is 8.69. The average molecular weight is 281 g/mol. The van der Waals surface area contributed by atoms with Crippen LogP contribution in [0.4, 0.5) is 0 Å². The molecular formula is C14H26Cl2O. The summed E-state index contributed by atoms with van der Waals surface area (Å²) in [5.41, 5.74) is 0. The molecule has 1 aliphatic rings. The van der Waals surface area contributed by atoms with Crippen LogP contribution in [-0.2, 0) is 4.74 Å². The van der Waals surface area contributed by atoms with Crippen molar-refractivity contribution in [3.63, 3.8) is 0 Å². The van der Waals surface area contributed by atoms with E-state index in [-0.39, 0.29) is 0 Å². The van der Waals surface area contributed by atoms with Gasteiger partial charge in [-0.05, 0) is 25.2 Å². The lowest BCUT2D eigenvalue weighted by Crippen LogP contribution is -2.17. The Hall–Kier alpha value is 0.540. The number of hydrogen-bond acceptors (Lipinski definition) is 1. The molecule has 0 aromatic carbocycles. The van der Waals surface area contributed by atoms with E-state index < -0.39 is 5.02 Å². The third-order valence-electron chi connectivity index (χ3n) is 3.52. The average Bonchev–Trinajstić information content (AvgIpc) is 3.09. The Morgan fingerprint density at radius 1 is 1.00 bits per heavy atom. The molecule has 0 aromatic heterocycles. The first-order valence-electron chi connectivity index (χ1n) is 7.17. The second-order valence-electron chi connectivity index (χ2n) is 5.18. The first kappa shape index (κ1) is 15.6. The van der Waals surface area contributed by atoms with Gasteiger partial charge in [-0.2, -0.15) is 0 Å². The van der Waals surface area contributed by atoms with Crippen molar-refractivity contribution in [2.45, 2.75) is 82.3 Å². The number of ether oxygens (including phenoxy) is 1. The van der Waals surface area contributed by atoms with E-state index in [4.69, 9.17) is 27.9 Å². The van der Waals surface area contributed by atoms with Crippen molar-refractivity contribution in [3.8, 4) is 0 Å². The molecule has 1 aliphatic carbocycles. The summed E-state index contributed by atoms with van der Waals surface area (Å²) in [5, 5.41) is -0.648. The quantitative estimate of drug-likeness (QED) is 0.349. The lowest BCUT2D eigenvalue weighted by molar-refractivity contribution is 0.0433. The molecule has 1 saturated carbocycles. The van der Waals surface area contributed by atoms with Crippen LogP contribution < -0.4 is 0 Å². The summed E-state index contributed by atoms with van der Waals surface area (Å²) in [6, 6.07) is 0. The van der Waals surface area contributed by atoms with Crippen molar-refractivity contribution in [2.75, 3.05) is 0 Å². The zero-order chi connectivity index (χ0) is 12.5. The first-order valence-corrected chi connectivity index (χ1v) is 8.05. The van der Waals surface area contributed by atoms with Gasteiger partial charge in [-0.3, -0.25) is 0 Å². The summed E-state index contributed by atoms with van der Waals surface area (Å²) in [4.78, 5) is 0. The van der Waals surface area contributed by atoms with Crippen molar-refractivity contribution < 1.29 is 4.74 Å². The fourth-order valence-corrected chi connectivity index (χ4v) is 2.58. The minimum Gasteiger partial charge on any atom is -0.345 e. The monoisotopic (exact) mass is 280 g/mol. The van der Waals surface area contributed by atoms with E-state index in [1.807, 2.05) is 0 Å². The van der Waals surface area contributed by atoms with E-state index in [0.29, 0.717) is 6.10 Å². The third kappa shape index (κ3) is 8.29. The predicted molar refractivity (Wildman–Crippen MR) is 75.7 cm³/mol. The van der Waals surface area contributed by atoms with Crippen LogP contribution in [0.2, 0.25) is 0 Å². The molecule has 3 heteroatoms.